The van der Waals surface area contributed by atoms with Crippen LogP contribution in [0.2, 0.25) is 5.02 Å². The van der Waals surface area contributed by atoms with Crippen molar-refractivity contribution in [3.8, 4) is 0 Å². The number of imide groups is 1. The monoisotopic (exact) mass is 496 g/mol. The molecule has 1 aliphatic carbocycles. The number of halogens is 1. The van der Waals surface area contributed by atoms with E-state index < -0.39 is 35.8 Å². The summed E-state index contributed by atoms with van der Waals surface area (Å²) in [6.45, 7) is -0.728. The van der Waals surface area contributed by atoms with Gasteiger partial charge in [-0.25, -0.2) is 0 Å². The summed E-state index contributed by atoms with van der Waals surface area (Å²) in [5.41, 5.74) is -0.0752. The van der Waals surface area contributed by atoms with Crippen LogP contribution in [0.25, 0.3) is 0 Å². The van der Waals surface area contributed by atoms with Gasteiger partial charge in [0.1, 0.15) is 5.54 Å². The molecule has 2 aromatic rings. The number of amides is 3. The number of likely N-dealkylation sites (N-methyl/N-ethyl adjacent to an activating group) is 1. The number of ketones is 1. The second kappa shape index (κ2) is 10.00. The predicted molar refractivity (Wildman–Crippen MR) is 127 cm³/mol. The standard InChI is InChI=1S/C26H25ClN2O6/c1-28(26(14-7-6-12-21(26)30)19-10-4-5-11-20(19)27)22(31)16-35-23(32)13-15-29-24(33)17-8-2-3-9-18(17)25(29)34/h2-5,8-11H,6-7,12-16H2,1H3. The van der Waals surface area contributed by atoms with Gasteiger partial charge in [0.15, 0.2) is 12.4 Å². The lowest BCUT2D eigenvalue weighted by molar-refractivity contribution is -0.157. The molecular weight excluding hydrogens is 472 g/mol. The Hall–Kier alpha value is -3.52. The molecular formula is C26H25ClN2O6. The molecule has 0 N–H and O–H groups in total. The zero-order valence-electron chi connectivity index (χ0n) is 19.3. The fraction of sp³-hybridized carbons (Fsp3) is 0.346. The normalized spacial score (nSPS) is 19.5. The Balaban J connectivity index is 1.39. The SMILES string of the molecule is CN(C(=O)COC(=O)CCN1C(=O)c2ccccc2C1=O)C1(c2ccccc2Cl)CCCCC1=O. The van der Waals surface area contributed by atoms with E-state index in [0.717, 1.165) is 17.7 Å². The molecule has 4 rings (SSSR count). The van der Waals surface area contributed by atoms with Gasteiger partial charge in [0.2, 0.25) is 0 Å². The Bertz CT molecular complexity index is 1180. The van der Waals surface area contributed by atoms with Gasteiger partial charge in [-0.05, 0) is 37.5 Å². The van der Waals surface area contributed by atoms with Crippen LogP contribution in [-0.2, 0) is 24.7 Å². The third-order valence-corrected chi connectivity index (χ3v) is 7.02. The van der Waals surface area contributed by atoms with Crippen molar-refractivity contribution >= 4 is 41.1 Å². The first-order valence-electron chi connectivity index (χ1n) is 11.4. The Labute approximate surface area is 207 Å². The van der Waals surface area contributed by atoms with Crippen molar-refractivity contribution in [2.45, 2.75) is 37.6 Å². The summed E-state index contributed by atoms with van der Waals surface area (Å²) >= 11 is 6.41. The van der Waals surface area contributed by atoms with Gasteiger partial charge in [-0.15, -0.1) is 0 Å². The molecule has 0 bridgehead atoms. The number of benzene rings is 2. The van der Waals surface area contributed by atoms with E-state index in [4.69, 9.17) is 16.3 Å². The van der Waals surface area contributed by atoms with Crippen molar-refractivity contribution in [1.82, 2.24) is 9.80 Å². The third-order valence-electron chi connectivity index (χ3n) is 6.69. The number of ether oxygens (including phenoxy) is 1. The van der Waals surface area contributed by atoms with Gasteiger partial charge < -0.3 is 9.64 Å². The van der Waals surface area contributed by atoms with Crippen molar-refractivity contribution in [2.24, 2.45) is 0 Å². The van der Waals surface area contributed by atoms with Gasteiger partial charge in [-0.3, -0.25) is 28.9 Å². The average molecular weight is 497 g/mol. The number of carbonyl (C=O) groups is 5. The van der Waals surface area contributed by atoms with Crippen molar-refractivity contribution < 1.29 is 28.7 Å². The Morgan fingerprint density at radius 1 is 1.00 bits per heavy atom. The highest BCUT2D eigenvalue weighted by Gasteiger charge is 2.48. The minimum atomic E-state index is -1.22. The molecule has 0 spiro atoms. The number of rotatable bonds is 7. The summed E-state index contributed by atoms with van der Waals surface area (Å²) < 4.78 is 5.15. The minimum absolute atomic E-state index is 0.107. The number of fused-ring (bicyclic) bond motifs is 1. The van der Waals surface area contributed by atoms with E-state index >= 15 is 0 Å². The molecule has 0 aromatic heterocycles. The lowest BCUT2D eigenvalue weighted by Gasteiger charge is -2.43. The third kappa shape index (κ3) is 4.46. The fourth-order valence-corrected chi connectivity index (χ4v) is 5.09. The summed E-state index contributed by atoms with van der Waals surface area (Å²) in [6.07, 6.45) is 1.97. The van der Waals surface area contributed by atoms with Gasteiger partial charge in [0.25, 0.3) is 17.7 Å². The molecule has 1 heterocycles. The van der Waals surface area contributed by atoms with Crippen molar-refractivity contribution in [3.05, 3.63) is 70.2 Å². The molecule has 35 heavy (non-hydrogen) atoms. The highest BCUT2D eigenvalue weighted by atomic mass is 35.5. The second-order valence-electron chi connectivity index (χ2n) is 8.64. The lowest BCUT2D eigenvalue weighted by atomic mass is 9.74. The first-order valence-corrected chi connectivity index (χ1v) is 11.8. The molecule has 1 aliphatic heterocycles. The van der Waals surface area contributed by atoms with E-state index in [9.17, 15) is 24.0 Å². The first kappa shape index (κ1) is 24.6. The topological polar surface area (TPSA) is 101 Å². The maximum atomic E-state index is 13.1. The zero-order valence-corrected chi connectivity index (χ0v) is 20.0. The fourth-order valence-electron chi connectivity index (χ4n) is 4.80. The lowest BCUT2D eigenvalue weighted by Crippen LogP contribution is -2.55. The van der Waals surface area contributed by atoms with Gasteiger partial charge in [-0.1, -0.05) is 41.9 Å². The Morgan fingerprint density at radius 3 is 2.26 bits per heavy atom. The van der Waals surface area contributed by atoms with E-state index in [1.54, 1.807) is 48.5 Å². The molecule has 8 nitrogen and oxygen atoms in total. The van der Waals surface area contributed by atoms with Gasteiger partial charge >= 0.3 is 5.97 Å². The molecule has 1 unspecified atom stereocenters. The van der Waals surface area contributed by atoms with Crippen LogP contribution in [-0.4, -0.2) is 59.5 Å². The zero-order chi connectivity index (χ0) is 25.2. The quantitative estimate of drug-likeness (QED) is 0.430. The molecule has 182 valence electrons. The van der Waals surface area contributed by atoms with Crippen LogP contribution in [0.3, 0.4) is 0 Å². The van der Waals surface area contributed by atoms with Gasteiger partial charge in [0, 0.05) is 30.6 Å². The summed E-state index contributed by atoms with van der Waals surface area (Å²) in [4.78, 5) is 65.7. The van der Waals surface area contributed by atoms with E-state index in [1.807, 2.05) is 0 Å². The van der Waals surface area contributed by atoms with E-state index in [0.29, 0.717) is 34.6 Å². The first-order chi connectivity index (χ1) is 16.8. The molecule has 1 saturated carbocycles. The molecule has 1 fully saturated rings. The Kier molecular flexibility index (Phi) is 7.03. The number of Topliss-reactive ketones (excluding diaryl/α,β-unsaturated/α-hetero) is 1. The van der Waals surface area contributed by atoms with Crippen molar-refractivity contribution in [1.29, 1.82) is 0 Å². The summed E-state index contributed by atoms with van der Waals surface area (Å²) in [7, 11) is 1.52. The van der Waals surface area contributed by atoms with Crippen LogP contribution in [0.15, 0.2) is 48.5 Å². The van der Waals surface area contributed by atoms with Crippen molar-refractivity contribution in [2.75, 3.05) is 20.2 Å². The van der Waals surface area contributed by atoms with Crippen LogP contribution >= 0.6 is 11.6 Å². The number of hydrogen-bond acceptors (Lipinski definition) is 6. The molecule has 2 aliphatic rings. The molecule has 2 aromatic carbocycles. The number of carbonyl (C=O) groups excluding carboxylic acids is 5. The van der Waals surface area contributed by atoms with E-state index in [-0.39, 0.29) is 18.7 Å². The maximum absolute atomic E-state index is 13.1. The summed E-state index contributed by atoms with van der Waals surface area (Å²) in [6, 6.07) is 13.4. The Morgan fingerprint density at radius 2 is 1.63 bits per heavy atom. The molecule has 9 heteroatoms. The maximum Gasteiger partial charge on any atom is 0.308 e. The summed E-state index contributed by atoms with van der Waals surface area (Å²) in [5.74, 6) is -2.32. The molecule has 0 saturated heterocycles. The van der Waals surface area contributed by atoms with Crippen LogP contribution in [0.4, 0.5) is 0 Å². The van der Waals surface area contributed by atoms with Crippen LogP contribution in [0.5, 0.6) is 0 Å². The highest BCUT2D eigenvalue weighted by Crippen LogP contribution is 2.42. The highest BCUT2D eigenvalue weighted by molar-refractivity contribution is 6.31. The average Bonchev–Trinajstić information content (AvgIpc) is 3.11. The molecule has 1 atom stereocenters. The smallest absolute Gasteiger partial charge is 0.308 e. The van der Waals surface area contributed by atoms with Gasteiger partial charge in [-0.2, -0.15) is 0 Å². The number of nitrogens with zero attached hydrogens (tertiary/aromatic N) is 2. The van der Waals surface area contributed by atoms with Crippen LogP contribution < -0.4 is 0 Å². The van der Waals surface area contributed by atoms with Gasteiger partial charge in [0.05, 0.1) is 17.5 Å². The molecule has 3 amide bonds. The van der Waals surface area contributed by atoms with Crippen LogP contribution in [0, 0.1) is 0 Å². The largest absolute Gasteiger partial charge is 0.456 e. The number of hydrogen-bond donors (Lipinski definition) is 0. The second-order valence-corrected chi connectivity index (χ2v) is 9.05. The predicted octanol–water partition coefficient (Wildman–Crippen LogP) is 3.37. The summed E-state index contributed by atoms with van der Waals surface area (Å²) in [5, 5.41) is 0.389. The minimum Gasteiger partial charge on any atom is -0.456 e. The number of esters is 1. The van der Waals surface area contributed by atoms with Crippen LogP contribution in [0.1, 0.15) is 58.4 Å². The molecule has 0 radical (unpaired) electrons. The van der Waals surface area contributed by atoms with E-state index in [2.05, 4.69) is 0 Å². The van der Waals surface area contributed by atoms with E-state index in [1.165, 1.54) is 11.9 Å². The van der Waals surface area contributed by atoms with Crippen molar-refractivity contribution in [3.63, 3.8) is 0 Å².